The summed E-state index contributed by atoms with van der Waals surface area (Å²) in [7, 11) is -3.39. The molecule has 17 heavy (non-hydrogen) atoms. The number of anilines is 1. The van der Waals surface area contributed by atoms with Gasteiger partial charge in [0, 0.05) is 5.38 Å². The minimum absolute atomic E-state index is 0.0313. The van der Waals surface area contributed by atoms with Gasteiger partial charge in [0.1, 0.15) is 0 Å². The predicted molar refractivity (Wildman–Crippen MR) is 69.6 cm³/mol. The van der Waals surface area contributed by atoms with Crippen molar-refractivity contribution in [2.75, 3.05) is 10.5 Å². The first-order valence-electron chi connectivity index (χ1n) is 5.23. The van der Waals surface area contributed by atoms with E-state index in [2.05, 4.69) is 9.71 Å². The molecule has 2 N–H and O–H groups in total. The molecule has 1 atom stereocenters. The zero-order chi connectivity index (χ0) is 13.3. The van der Waals surface area contributed by atoms with E-state index in [-0.39, 0.29) is 11.2 Å². The summed E-state index contributed by atoms with van der Waals surface area (Å²) >= 11 is 1.17. The lowest BCUT2D eigenvalue weighted by atomic mass is 10.0. The normalized spacial score (nSPS) is 14.6. The smallest absolute Gasteiger partial charge is 0.235 e. The van der Waals surface area contributed by atoms with Gasteiger partial charge in [-0.15, -0.1) is 11.3 Å². The van der Waals surface area contributed by atoms with Crippen molar-refractivity contribution in [3.63, 3.8) is 0 Å². The van der Waals surface area contributed by atoms with E-state index >= 15 is 0 Å². The van der Waals surface area contributed by atoms with E-state index in [0.717, 1.165) is 0 Å². The molecule has 0 aliphatic carbocycles. The summed E-state index contributed by atoms with van der Waals surface area (Å²) in [4.78, 5) is 4.00. The summed E-state index contributed by atoms with van der Waals surface area (Å²) in [5.74, 6) is 0.0313. The zero-order valence-electron chi connectivity index (χ0n) is 10.4. The van der Waals surface area contributed by atoms with Crippen molar-refractivity contribution in [2.24, 2.45) is 5.41 Å². The van der Waals surface area contributed by atoms with Crippen LogP contribution in [0.25, 0.3) is 0 Å². The third-order valence-electron chi connectivity index (χ3n) is 1.82. The molecular formula is C10H18N2O3S2. The van der Waals surface area contributed by atoms with E-state index in [1.165, 1.54) is 11.3 Å². The summed E-state index contributed by atoms with van der Waals surface area (Å²) in [6.45, 7) is 7.16. The van der Waals surface area contributed by atoms with Gasteiger partial charge >= 0.3 is 0 Å². The van der Waals surface area contributed by atoms with Crippen molar-refractivity contribution in [2.45, 2.75) is 33.8 Å². The highest BCUT2D eigenvalue weighted by Crippen LogP contribution is 2.23. The van der Waals surface area contributed by atoms with Crippen molar-refractivity contribution in [1.29, 1.82) is 0 Å². The summed E-state index contributed by atoms with van der Waals surface area (Å²) in [6, 6.07) is 0. The van der Waals surface area contributed by atoms with Crippen molar-refractivity contribution >= 4 is 26.5 Å². The van der Waals surface area contributed by atoms with Crippen LogP contribution < -0.4 is 4.72 Å². The fourth-order valence-corrected chi connectivity index (χ4v) is 4.00. The molecule has 0 saturated carbocycles. The summed E-state index contributed by atoms with van der Waals surface area (Å²) < 4.78 is 26.0. The topological polar surface area (TPSA) is 79.3 Å². The van der Waals surface area contributed by atoms with Crippen LogP contribution in [0.5, 0.6) is 0 Å². The Morgan fingerprint density at radius 1 is 1.53 bits per heavy atom. The first kappa shape index (κ1) is 14.4. The molecule has 5 nitrogen and oxygen atoms in total. The number of rotatable bonds is 4. The molecule has 0 aliphatic rings. The molecule has 0 aromatic carbocycles. The highest BCUT2D eigenvalue weighted by molar-refractivity contribution is 7.92. The number of hydrogen-bond acceptors (Lipinski definition) is 5. The molecular weight excluding hydrogens is 260 g/mol. The SMILES string of the molecule is CC(O)c1csc(NS(=O)(=O)CC(C)(C)C)n1. The molecule has 1 unspecified atom stereocenters. The lowest BCUT2D eigenvalue weighted by Gasteiger charge is -2.17. The molecule has 0 amide bonds. The largest absolute Gasteiger partial charge is 0.387 e. The van der Waals surface area contributed by atoms with Crippen LogP contribution in [0, 0.1) is 5.41 Å². The van der Waals surface area contributed by atoms with Crippen molar-refractivity contribution in [3.05, 3.63) is 11.1 Å². The van der Waals surface area contributed by atoms with Crippen LogP contribution in [0.3, 0.4) is 0 Å². The second-order valence-electron chi connectivity index (χ2n) is 5.18. The van der Waals surface area contributed by atoms with Gasteiger partial charge in [0.25, 0.3) is 0 Å². The van der Waals surface area contributed by atoms with Gasteiger partial charge in [-0.25, -0.2) is 13.4 Å². The molecule has 0 radical (unpaired) electrons. The van der Waals surface area contributed by atoms with Crippen LogP contribution in [0.2, 0.25) is 0 Å². The number of nitrogens with zero attached hydrogens (tertiary/aromatic N) is 1. The minimum Gasteiger partial charge on any atom is -0.387 e. The van der Waals surface area contributed by atoms with Gasteiger partial charge in [0.2, 0.25) is 10.0 Å². The molecule has 98 valence electrons. The van der Waals surface area contributed by atoms with Crippen LogP contribution >= 0.6 is 11.3 Å². The van der Waals surface area contributed by atoms with Crippen LogP contribution in [0.4, 0.5) is 5.13 Å². The minimum atomic E-state index is -3.39. The van der Waals surface area contributed by atoms with E-state index in [1.807, 2.05) is 20.8 Å². The average Bonchev–Trinajstić information content (AvgIpc) is 2.46. The molecule has 7 heteroatoms. The Hall–Kier alpha value is -0.660. The maximum Gasteiger partial charge on any atom is 0.235 e. The van der Waals surface area contributed by atoms with Gasteiger partial charge in [0.05, 0.1) is 17.6 Å². The summed E-state index contributed by atoms with van der Waals surface area (Å²) in [6.07, 6.45) is -0.688. The van der Waals surface area contributed by atoms with E-state index in [9.17, 15) is 13.5 Å². The lowest BCUT2D eigenvalue weighted by Crippen LogP contribution is -2.26. The van der Waals surface area contributed by atoms with Crippen LogP contribution in [0.15, 0.2) is 5.38 Å². The zero-order valence-corrected chi connectivity index (χ0v) is 12.0. The number of sulfonamides is 1. The van der Waals surface area contributed by atoms with E-state index in [4.69, 9.17) is 0 Å². The molecule has 1 rings (SSSR count). The van der Waals surface area contributed by atoms with Gasteiger partial charge in [-0.3, -0.25) is 4.72 Å². The third-order valence-corrected chi connectivity index (χ3v) is 4.47. The summed E-state index contributed by atoms with van der Waals surface area (Å²) in [5.41, 5.74) is 0.166. The highest BCUT2D eigenvalue weighted by Gasteiger charge is 2.22. The van der Waals surface area contributed by atoms with E-state index in [0.29, 0.717) is 10.8 Å². The first-order valence-corrected chi connectivity index (χ1v) is 7.76. The predicted octanol–water partition coefficient (Wildman–Crippen LogP) is 1.98. The molecule has 1 heterocycles. The maximum atomic E-state index is 11.8. The molecule has 1 aromatic rings. The Morgan fingerprint density at radius 2 is 2.12 bits per heavy atom. The molecule has 0 spiro atoms. The van der Waals surface area contributed by atoms with Gasteiger partial charge in [-0.2, -0.15) is 0 Å². The third kappa shape index (κ3) is 5.01. The quantitative estimate of drug-likeness (QED) is 0.882. The standard InChI is InChI=1S/C10H18N2O3S2/c1-7(13)8-5-16-9(11-8)12-17(14,15)6-10(2,3)4/h5,7,13H,6H2,1-4H3,(H,11,12). The molecule has 1 aromatic heterocycles. The highest BCUT2D eigenvalue weighted by atomic mass is 32.2. The van der Waals surface area contributed by atoms with Gasteiger partial charge in [-0.05, 0) is 12.3 Å². The maximum absolute atomic E-state index is 11.8. The number of nitrogens with one attached hydrogen (secondary N) is 1. The Bertz CT molecular complexity index is 472. The number of aliphatic hydroxyl groups excluding tert-OH is 1. The number of hydrogen-bond donors (Lipinski definition) is 2. The second kappa shape index (κ2) is 4.91. The second-order valence-corrected chi connectivity index (χ2v) is 7.76. The molecule has 0 fully saturated rings. The van der Waals surface area contributed by atoms with Crippen molar-refractivity contribution < 1.29 is 13.5 Å². The Kier molecular flexibility index (Phi) is 4.16. The first-order chi connectivity index (χ1) is 7.59. The average molecular weight is 278 g/mol. The fraction of sp³-hybridized carbons (Fsp3) is 0.700. The van der Waals surface area contributed by atoms with Crippen molar-refractivity contribution in [1.82, 2.24) is 4.98 Å². The summed E-state index contributed by atoms with van der Waals surface area (Å²) in [5, 5.41) is 11.2. The van der Waals surface area contributed by atoms with Crippen LogP contribution in [0.1, 0.15) is 39.5 Å². The lowest BCUT2D eigenvalue weighted by molar-refractivity contribution is 0.195. The van der Waals surface area contributed by atoms with Gasteiger partial charge < -0.3 is 5.11 Å². The molecule has 0 aliphatic heterocycles. The number of aliphatic hydroxyl groups is 1. The Labute approximate surface area is 106 Å². The van der Waals surface area contributed by atoms with Gasteiger partial charge in [0.15, 0.2) is 5.13 Å². The van der Waals surface area contributed by atoms with Crippen LogP contribution in [-0.4, -0.2) is 24.3 Å². The van der Waals surface area contributed by atoms with Gasteiger partial charge in [-0.1, -0.05) is 20.8 Å². The van der Waals surface area contributed by atoms with Crippen LogP contribution in [-0.2, 0) is 10.0 Å². The molecule has 0 saturated heterocycles. The Morgan fingerprint density at radius 3 is 2.53 bits per heavy atom. The van der Waals surface area contributed by atoms with Crippen molar-refractivity contribution in [3.8, 4) is 0 Å². The monoisotopic (exact) mass is 278 g/mol. The number of aromatic nitrogens is 1. The fourth-order valence-electron chi connectivity index (χ4n) is 1.26. The van der Waals surface area contributed by atoms with E-state index in [1.54, 1.807) is 12.3 Å². The van der Waals surface area contributed by atoms with E-state index < -0.39 is 16.1 Å². The number of thiazole rings is 1. The molecule has 0 bridgehead atoms. The Balaban J connectivity index is 2.77.